The van der Waals surface area contributed by atoms with Gasteiger partial charge in [0.05, 0.1) is 0 Å². The Morgan fingerprint density at radius 2 is 1.88 bits per heavy atom. The van der Waals surface area contributed by atoms with Crippen molar-refractivity contribution < 1.29 is 4.74 Å². The van der Waals surface area contributed by atoms with E-state index in [1.165, 1.54) is 37.7 Å². The summed E-state index contributed by atoms with van der Waals surface area (Å²) in [7, 11) is 0. The molecule has 0 saturated heterocycles. The molecular formula is C16H22O. The van der Waals surface area contributed by atoms with Crippen LogP contribution in [0.1, 0.15) is 57.4 Å². The second-order valence-electron chi connectivity index (χ2n) is 6.08. The summed E-state index contributed by atoms with van der Waals surface area (Å²) >= 11 is 0. The van der Waals surface area contributed by atoms with Gasteiger partial charge in [-0.3, -0.25) is 0 Å². The minimum atomic E-state index is 0.170. The van der Waals surface area contributed by atoms with E-state index in [9.17, 15) is 0 Å². The maximum Gasteiger partial charge on any atom is 0.123 e. The number of fused-ring (bicyclic) bond motifs is 1. The van der Waals surface area contributed by atoms with Crippen molar-refractivity contribution in [2.45, 2.75) is 57.5 Å². The van der Waals surface area contributed by atoms with Gasteiger partial charge in [0.1, 0.15) is 11.4 Å². The molecule has 1 atom stereocenters. The first kappa shape index (κ1) is 11.1. The Labute approximate surface area is 104 Å². The van der Waals surface area contributed by atoms with Gasteiger partial charge in [0.2, 0.25) is 0 Å². The fourth-order valence-corrected chi connectivity index (χ4v) is 3.59. The van der Waals surface area contributed by atoms with E-state index in [0.29, 0.717) is 11.8 Å². The lowest BCUT2D eigenvalue weighted by Crippen LogP contribution is -2.39. The van der Waals surface area contributed by atoms with Gasteiger partial charge >= 0.3 is 0 Å². The molecule has 0 radical (unpaired) electrons. The number of hydrogen-bond donors (Lipinski definition) is 0. The average Bonchev–Trinajstić information content (AvgIpc) is 2.76. The van der Waals surface area contributed by atoms with Crippen molar-refractivity contribution in [2.24, 2.45) is 5.92 Å². The molecule has 1 heterocycles. The van der Waals surface area contributed by atoms with Gasteiger partial charge in [-0.05, 0) is 55.6 Å². The topological polar surface area (TPSA) is 9.23 Å². The molecule has 1 aromatic carbocycles. The van der Waals surface area contributed by atoms with Crippen LogP contribution in [0.2, 0.25) is 0 Å². The van der Waals surface area contributed by atoms with Gasteiger partial charge < -0.3 is 4.74 Å². The predicted molar refractivity (Wildman–Crippen MR) is 70.5 cm³/mol. The molecule has 1 aliphatic heterocycles. The molecule has 1 fully saturated rings. The van der Waals surface area contributed by atoms with Crippen molar-refractivity contribution in [2.75, 3.05) is 0 Å². The fourth-order valence-electron chi connectivity index (χ4n) is 3.59. The molecule has 1 heteroatoms. The number of benzene rings is 1. The molecule has 92 valence electrons. The Bertz CT molecular complexity index is 402. The molecule has 1 nitrogen and oxygen atoms in total. The third-order valence-corrected chi connectivity index (χ3v) is 4.56. The van der Waals surface area contributed by atoms with Gasteiger partial charge in [0.25, 0.3) is 0 Å². The number of hydrogen-bond acceptors (Lipinski definition) is 1. The van der Waals surface area contributed by atoms with Crippen molar-refractivity contribution in [1.29, 1.82) is 0 Å². The van der Waals surface area contributed by atoms with Gasteiger partial charge in [0, 0.05) is 0 Å². The maximum atomic E-state index is 6.36. The molecule has 1 aliphatic carbocycles. The quantitative estimate of drug-likeness (QED) is 0.689. The summed E-state index contributed by atoms with van der Waals surface area (Å²) in [5.74, 6) is 2.54. The van der Waals surface area contributed by atoms with Crippen LogP contribution in [0, 0.1) is 5.92 Å². The van der Waals surface area contributed by atoms with Gasteiger partial charge in [-0.25, -0.2) is 0 Å². The molecular weight excluding hydrogens is 208 g/mol. The molecule has 2 aliphatic rings. The zero-order valence-electron chi connectivity index (χ0n) is 10.9. The minimum absolute atomic E-state index is 0.170. The molecule has 0 unspecified atom stereocenters. The van der Waals surface area contributed by atoms with Crippen LogP contribution >= 0.6 is 0 Å². The molecule has 17 heavy (non-hydrogen) atoms. The normalized spacial score (nSPS) is 25.9. The number of ether oxygens (including phenoxy) is 1. The van der Waals surface area contributed by atoms with Gasteiger partial charge in [-0.1, -0.05) is 32.0 Å². The lowest BCUT2D eigenvalue weighted by atomic mass is 9.76. The van der Waals surface area contributed by atoms with Gasteiger partial charge in [0.15, 0.2) is 0 Å². The number of para-hydroxylation sites is 1. The summed E-state index contributed by atoms with van der Waals surface area (Å²) in [5.41, 5.74) is 1.60. The standard InChI is InChI=1S/C16H22O/c1-12(2)14-11-16(9-5-6-10-16)17-15-8-4-3-7-13(14)15/h3-4,7-8,12,14H,5-6,9-11H2,1-2H3/t14-/m1/s1. The van der Waals surface area contributed by atoms with E-state index in [2.05, 4.69) is 38.1 Å². The molecule has 0 amide bonds. The van der Waals surface area contributed by atoms with E-state index in [1.807, 2.05) is 0 Å². The SMILES string of the molecule is CC(C)[C@H]1CC2(CCCC2)Oc2ccccc21. The third kappa shape index (κ3) is 1.86. The Balaban J connectivity index is 2.00. The zero-order chi connectivity index (χ0) is 11.9. The Hall–Kier alpha value is -0.980. The second-order valence-corrected chi connectivity index (χ2v) is 6.08. The molecule has 1 saturated carbocycles. The Kier molecular flexibility index (Phi) is 2.65. The van der Waals surface area contributed by atoms with E-state index in [4.69, 9.17) is 4.74 Å². The summed E-state index contributed by atoms with van der Waals surface area (Å²) in [6.45, 7) is 4.69. The molecule has 0 aromatic heterocycles. The smallest absolute Gasteiger partial charge is 0.123 e. The van der Waals surface area contributed by atoms with Crippen molar-refractivity contribution >= 4 is 0 Å². The largest absolute Gasteiger partial charge is 0.487 e. The molecule has 1 aromatic rings. The molecule has 0 bridgehead atoms. The van der Waals surface area contributed by atoms with Gasteiger partial charge in [-0.15, -0.1) is 0 Å². The first-order valence-corrected chi connectivity index (χ1v) is 6.98. The van der Waals surface area contributed by atoms with Crippen LogP contribution in [0.25, 0.3) is 0 Å². The summed E-state index contributed by atoms with van der Waals surface area (Å²) in [4.78, 5) is 0. The highest BCUT2D eigenvalue weighted by Crippen LogP contribution is 2.49. The van der Waals surface area contributed by atoms with Gasteiger partial charge in [-0.2, -0.15) is 0 Å². The van der Waals surface area contributed by atoms with Crippen LogP contribution < -0.4 is 4.74 Å². The summed E-state index contributed by atoms with van der Waals surface area (Å²) in [6, 6.07) is 8.65. The van der Waals surface area contributed by atoms with E-state index in [-0.39, 0.29) is 5.60 Å². The van der Waals surface area contributed by atoms with Crippen molar-refractivity contribution in [3.8, 4) is 5.75 Å². The van der Waals surface area contributed by atoms with Crippen LogP contribution in [-0.2, 0) is 0 Å². The first-order chi connectivity index (χ1) is 8.20. The highest BCUT2D eigenvalue weighted by molar-refractivity contribution is 5.39. The Morgan fingerprint density at radius 3 is 2.59 bits per heavy atom. The first-order valence-electron chi connectivity index (χ1n) is 6.98. The van der Waals surface area contributed by atoms with Crippen LogP contribution in [0.4, 0.5) is 0 Å². The van der Waals surface area contributed by atoms with E-state index < -0.39 is 0 Å². The third-order valence-electron chi connectivity index (χ3n) is 4.56. The molecule has 1 spiro atoms. The van der Waals surface area contributed by atoms with Crippen LogP contribution in [-0.4, -0.2) is 5.60 Å². The summed E-state index contributed by atoms with van der Waals surface area (Å²) in [6.07, 6.45) is 6.41. The summed E-state index contributed by atoms with van der Waals surface area (Å²) in [5, 5.41) is 0. The summed E-state index contributed by atoms with van der Waals surface area (Å²) < 4.78 is 6.36. The number of rotatable bonds is 1. The second kappa shape index (κ2) is 4.04. The van der Waals surface area contributed by atoms with Crippen molar-refractivity contribution in [1.82, 2.24) is 0 Å². The lowest BCUT2D eigenvalue weighted by Gasteiger charge is -2.41. The Morgan fingerprint density at radius 1 is 1.18 bits per heavy atom. The van der Waals surface area contributed by atoms with Crippen LogP contribution in [0.5, 0.6) is 5.75 Å². The monoisotopic (exact) mass is 230 g/mol. The van der Waals surface area contributed by atoms with Crippen LogP contribution in [0.3, 0.4) is 0 Å². The highest BCUT2D eigenvalue weighted by Gasteiger charge is 2.43. The predicted octanol–water partition coefficient (Wildman–Crippen LogP) is 4.52. The van der Waals surface area contributed by atoms with Crippen molar-refractivity contribution in [3.63, 3.8) is 0 Å². The van der Waals surface area contributed by atoms with E-state index in [0.717, 1.165) is 5.75 Å². The van der Waals surface area contributed by atoms with Crippen LogP contribution in [0.15, 0.2) is 24.3 Å². The lowest BCUT2D eigenvalue weighted by molar-refractivity contribution is 0.0350. The van der Waals surface area contributed by atoms with Crippen molar-refractivity contribution in [3.05, 3.63) is 29.8 Å². The highest BCUT2D eigenvalue weighted by atomic mass is 16.5. The minimum Gasteiger partial charge on any atom is -0.487 e. The molecule has 0 N–H and O–H groups in total. The zero-order valence-corrected chi connectivity index (χ0v) is 10.9. The fraction of sp³-hybridized carbons (Fsp3) is 0.625. The van der Waals surface area contributed by atoms with E-state index >= 15 is 0 Å². The van der Waals surface area contributed by atoms with E-state index in [1.54, 1.807) is 0 Å². The average molecular weight is 230 g/mol. The molecule has 3 rings (SSSR count). The maximum absolute atomic E-state index is 6.36.